The minimum absolute atomic E-state index is 0.0783. The van der Waals surface area contributed by atoms with Gasteiger partial charge in [-0.05, 0) is 17.6 Å². The lowest BCUT2D eigenvalue weighted by Gasteiger charge is -2.22. The van der Waals surface area contributed by atoms with Gasteiger partial charge in [-0.3, -0.25) is 4.90 Å². The largest absolute Gasteiger partial charge is 0.383 e. The third-order valence-electron chi connectivity index (χ3n) is 3.08. The number of allylic oxidation sites excluding steroid dienone is 1. The Morgan fingerprint density at radius 2 is 2.44 bits per heavy atom. The topological polar surface area (TPSA) is 38.5 Å². The van der Waals surface area contributed by atoms with Gasteiger partial charge in [0.2, 0.25) is 0 Å². The minimum Gasteiger partial charge on any atom is -0.383 e. The molecule has 0 saturated carbocycles. The van der Waals surface area contributed by atoms with E-state index in [4.69, 9.17) is 10.5 Å². The molecule has 0 aromatic rings. The van der Waals surface area contributed by atoms with Gasteiger partial charge < -0.3 is 10.5 Å². The van der Waals surface area contributed by atoms with Gasteiger partial charge in [-0.1, -0.05) is 24.3 Å². The Morgan fingerprint density at radius 1 is 1.56 bits per heavy atom. The number of hydrogen-bond acceptors (Lipinski definition) is 3. The zero-order valence-electron chi connectivity index (χ0n) is 9.86. The van der Waals surface area contributed by atoms with Crippen molar-refractivity contribution in [1.29, 1.82) is 0 Å². The molecule has 0 fully saturated rings. The van der Waals surface area contributed by atoms with Crippen LogP contribution in [-0.2, 0) is 4.74 Å². The summed E-state index contributed by atoms with van der Waals surface area (Å²) in [5, 5.41) is 0. The highest BCUT2D eigenvalue weighted by atomic mass is 16.5. The monoisotopic (exact) mass is 220 g/mol. The zero-order chi connectivity index (χ0) is 11.4. The van der Waals surface area contributed by atoms with Gasteiger partial charge in [0.1, 0.15) is 0 Å². The fourth-order valence-corrected chi connectivity index (χ4v) is 2.18. The van der Waals surface area contributed by atoms with Crippen LogP contribution in [-0.4, -0.2) is 44.3 Å². The molecule has 2 N–H and O–H groups in total. The molecule has 0 aromatic carbocycles. The van der Waals surface area contributed by atoms with Crippen molar-refractivity contribution in [3.8, 4) is 0 Å². The van der Waals surface area contributed by atoms with E-state index in [9.17, 15) is 0 Å². The quantitative estimate of drug-likeness (QED) is 0.773. The summed E-state index contributed by atoms with van der Waals surface area (Å²) in [4.78, 5) is 2.42. The third kappa shape index (κ3) is 2.82. The second-order valence-electron chi connectivity index (χ2n) is 4.35. The smallest absolute Gasteiger partial charge is 0.0589 e. The van der Waals surface area contributed by atoms with Gasteiger partial charge in [-0.15, -0.1) is 0 Å². The van der Waals surface area contributed by atoms with Crippen LogP contribution in [0.4, 0.5) is 0 Å². The van der Waals surface area contributed by atoms with E-state index in [1.807, 2.05) is 0 Å². The van der Waals surface area contributed by atoms with Crippen LogP contribution in [0.25, 0.3) is 0 Å². The van der Waals surface area contributed by atoms with Crippen molar-refractivity contribution >= 4 is 0 Å². The number of nitrogens with zero attached hydrogens (tertiary/aromatic N) is 1. The first-order valence-corrected chi connectivity index (χ1v) is 5.86. The fourth-order valence-electron chi connectivity index (χ4n) is 2.18. The standard InChI is InChI=1S/C13H20N2O/c1-16-8-7-15-6-2-3-11-4-5-13(14)9-12(11)10-15/h3-5,9,13H,2,6-8,10,14H2,1H3. The molecule has 1 heterocycles. The Kier molecular flexibility index (Phi) is 3.93. The molecule has 1 aliphatic heterocycles. The zero-order valence-corrected chi connectivity index (χ0v) is 9.86. The van der Waals surface area contributed by atoms with Crippen molar-refractivity contribution in [3.05, 3.63) is 35.5 Å². The van der Waals surface area contributed by atoms with Crippen LogP contribution < -0.4 is 5.73 Å². The number of methoxy groups -OCH3 is 1. The van der Waals surface area contributed by atoms with Gasteiger partial charge in [0, 0.05) is 32.8 Å². The summed E-state index contributed by atoms with van der Waals surface area (Å²) in [5.41, 5.74) is 8.62. The van der Waals surface area contributed by atoms with Crippen LogP contribution in [0, 0.1) is 0 Å². The van der Waals surface area contributed by atoms with Gasteiger partial charge >= 0.3 is 0 Å². The van der Waals surface area contributed by atoms with E-state index in [2.05, 4.69) is 29.2 Å². The van der Waals surface area contributed by atoms with E-state index >= 15 is 0 Å². The summed E-state index contributed by atoms with van der Waals surface area (Å²) in [6.07, 6.45) is 9.79. The average Bonchev–Trinajstić information content (AvgIpc) is 2.47. The SMILES string of the molecule is COCCN1CCC=C2C=CC(N)C=C2C1. The Bertz CT molecular complexity index is 331. The van der Waals surface area contributed by atoms with E-state index < -0.39 is 0 Å². The van der Waals surface area contributed by atoms with Crippen LogP contribution in [0.5, 0.6) is 0 Å². The second-order valence-corrected chi connectivity index (χ2v) is 4.35. The molecule has 0 aromatic heterocycles. The van der Waals surface area contributed by atoms with Crippen LogP contribution in [0.1, 0.15) is 6.42 Å². The molecule has 88 valence electrons. The Hall–Kier alpha value is -0.900. The summed E-state index contributed by atoms with van der Waals surface area (Å²) in [6, 6.07) is 0.0783. The highest BCUT2D eigenvalue weighted by Crippen LogP contribution is 2.22. The number of fused-ring (bicyclic) bond motifs is 1. The van der Waals surface area contributed by atoms with Gasteiger partial charge in [-0.25, -0.2) is 0 Å². The molecule has 0 bridgehead atoms. The summed E-state index contributed by atoms with van der Waals surface area (Å²) >= 11 is 0. The molecule has 1 aliphatic carbocycles. The number of rotatable bonds is 3. The van der Waals surface area contributed by atoms with Crippen molar-refractivity contribution < 1.29 is 4.74 Å². The Morgan fingerprint density at radius 3 is 3.25 bits per heavy atom. The lowest BCUT2D eigenvalue weighted by atomic mass is 9.97. The molecule has 2 aliphatic rings. The molecule has 3 nitrogen and oxygen atoms in total. The summed E-state index contributed by atoms with van der Waals surface area (Å²) in [5.74, 6) is 0. The maximum Gasteiger partial charge on any atom is 0.0589 e. The third-order valence-corrected chi connectivity index (χ3v) is 3.08. The molecule has 1 unspecified atom stereocenters. The number of hydrogen-bond donors (Lipinski definition) is 1. The van der Waals surface area contributed by atoms with E-state index in [0.29, 0.717) is 0 Å². The second kappa shape index (κ2) is 5.43. The van der Waals surface area contributed by atoms with Crippen LogP contribution in [0.2, 0.25) is 0 Å². The first-order chi connectivity index (χ1) is 7.79. The molecule has 0 saturated heterocycles. The van der Waals surface area contributed by atoms with Gasteiger partial charge in [0.25, 0.3) is 0 Å². The van der Waals surface area contributed by atoms with E-state index in [1.54, 1.807) is 7.11 Å². The molecule has 0 amide bonds. The van der Waals surface area contributed by atoms with Gasteiger partial charge in [0.15, 0.2) is 0 Å². The Balaban J connectivity index is 2.03. The molecule has 1 atom stereocenters. The summed E-state index contributed by atoms with van der Waals surface area (Å²) in [7, 11) is 1.75. The lowest BCUT2D eigenvalue weighted by Crippen LogP contribution is -2.30. The first kappa shape index (κ1) is 11.6. The van der Waals surface area contributed by atoms with Crippen LogP contribution in [0.3, 0.4) is 0 Å². The van der Waals surface area contributed by atoms with Gasteiger partial charge in [-0.2, -0.15) is 0 Å². The van der Waals surface area contributed by atoms with E-state index in [-0.39, 0.29) is 6.04 Å². The first-order valence-electron chi connectivity index (χ1n) is 5.86. The molecular weight excluding hydrogens is 200 g/mol. The molecule has 3 heteroatoms. The minimum atomic E-state index is 0.0783. The van der Waals surface area contributed by atoms with Crippen molar-refractivity contribution in [2.45, 2.75) is 12.5 Å². The Labute approximate surface area is 97.3 Å². The highest BCUT2D eigenvalue weighted by Gasteiger charge is 2.16. The summed E-state index contributed by atoms with van der Waals surface area (Å²) in [6.45, 7) is 3.89. The van der Waals surface area contributed by atoms with Crippen LogP contribution >= 0.6 is 0 Å². The normalized spacial score (nSPS) is 25.8. The maximum atomic E-state index is 5.90. The number of nitrogens with two attached hydrogens (primary N) is 1. The molecule has 16 heavy (non-hydrogen) atoms. The van der Waals surface area contributed by atoms with Gasteiger partial charge in [0.05, 0.1) is 6.61 Å². The molecule has 0 radical (unpaired) electrons. The van der Waals surface area contributed by atoms with Crippen molar-refractivity contribution in [2.75, 3.05) is 33.4 Å². The van der Waals surface area contributed by atoms with E-state index in [0.717, 1.165) is 32.7 Å². The predicted octanol–water partition coefficient (Wildman–Crippen LogP) is 1.09. The molecule has 2 rings (SSSR count). The van der Waals surface area contributed by atoms with Crippen molar-refractivity contribution in [1.82, 2.24) is 4.90 Å². The molecule has 0 spiro atoms. The predicted molar refractivity (Wildman–Crippen MR) is 66.2 cm³/mol. The molecular formula is C13H20N2O. The average molecular weight is 220 g/mol. The van der Waals surface area contributed by atoms with Crippen molar-refractivity contribution in [2.24, 2.45) is 5.73 Å². The van der Waals surface area contributed by atoms with E-state index in [1.165, 1.54) is 11.1 Å². The van der Waals surface area contributed by atoms with Crippen molar-refractivity contribution in [3.63, 3.8) is 0 Å². The fraction of sp³-hybridized carbons (Fsp3) is 0.538. The number of ether oxygens (including phenoxy) is 1. The van der Waals surface area contributed by atoms with Crippen LogP contribution in [0.15, 0.2) is 35.5 Å². The summed E-state index contributed by atoms with van der Waals surface area (Å²) < 4.78 is 5.13. The highest BCUT2D eigenvalue weighted by molar-refractivity contribution is 5.46. The lowest BCUT2D eigenvalue weighted by molar-refractivity contribution is 0.155. The maximum absolute atomic E-state index is 5.90.